The first-order valence-electron chi connectivity index (χ1n) is 7.09. The number of carbonyl (C=O) groups is 1. The normalized spacial score (nSPS) is 16.3. The number of nitrogens with one attached hydrogen (secondary N) is 2. The van der Waals surface area contributed by atoms with Crippen LogP contribution in [0.2, 0.25) is 0 Å². The van der Waals surface area contributed by atoms with E-state index < -0.39 is 0 Å². The molecule has 0 bridgehead atoms. The van der Waals surface area contributed by atoms with Crippen molar-refractivity contribution in [2.45, 2.75) is 25.4 Å². The van der Waals surface area contributed by atoms with Crippen molar-refractivity contribution in [1.29, 1.82) is 0 Å². The molecular weight excluding hydrogens is 267 g/mol. The Labute approximate surface area is 123 Å². The lowest BCUT2D eigenvalue weighted by Gasteiger charge is -2.15. The van der Waals surface area contributed by atoms with Crippen LogP contribution in [0.15, 0.2) is 48.5 Å². The summed E-state index contributed by atoms with van der Waals surface area (Å²) in [6.45, 7) is 0.389. The van der Waals surface area contributed by atoms with Gasteiger partial charge in [-0.05, 0) is 41.7 Å². The molecule has 21 heavy (non-hydrogen) atoms. The van der Waals surface area contributed by atoms with Crippen molar-refractivity contribution in [3.8, 4) is 0 Å². The van der Waals surface area contributed by atoms with Crippen LogP contribution in [0.25, 0.3) is 0 Å². The third-order valence-corrected chi connectivity index (χ3v) is 3.80. The van der Waals surface area contributed by atoms with Gasteiger partial charge in [-0.15, -0.1) is 0 Å². The highest BCUT2D eigenvalue weighted by Gasteiger charge is 2.23. The first-order chi connectivity index (χ1) is 10.2. The fraction of sp³-hybridized carbons (Fsp3) is 0.235. The summed E-state index contributed by atoms with van der Waals surface area (Å²) in [5, 5.41) is 5.80. The Balaban J connectivity index is 1.54. The van der Waals surface area contributed by atoms with Crippen molar-refractivity contribution in [2.75, 3.05) is 0 Å². The largest absolute Gasteiger partial charge is 0.334 e. The quantitative estimate of drug-likeness (QED) is 0.892. The molecule has 0 saturated carbocycles. The van der Waals surface area contributed by atoms with Crippen molar-refractivity contribution < 1.29 is 9.18 Å². The molecule has 0 fully saturated rings. The van der Waals surface area contributed by atoms with Gasteiger partial charge in [-0.1, -0.05) is 36.4 Å². The molecule has 1 atom stereocenters. The molecule has 1 aliphatic rings. The van der Waals surface area contributed by atoms with Crippen LogP contribution in [0.1, 0.15) is 29.2 Å². The van der Waals surface area contributed by atoms with Crippen LogP contribution < -0.4 is 10.6 Å². The molecule has 2 N–H and O–H groups in total. The van der Waals surface area contributed by atoms with Gasteiger partial charge >= 0.3 is 6.03 Å². The van der Waals surface area contributed by atoms with Gasteiger partial charge in [0.25, 0.3) is 0 Å². The lowest BCUT2D eigenvalue weighted by Crippen LogP contribution is -2.36. The number of aryl methyl sites for hydroxylation is 1. The molecule has 0 aliphatic heterocycles. The highest BCUT2D eigenvalue weighted by atomic mass is 19.1. The van der Waals surface area contributed by atoms with Gasteiger partial charge in [0.1, 0.15) is 5.82 Å². The zero-order valence-electron chi connectivity index (χ0n) is 11.6. The number of benzene rings is 2. The number of hydrogen-bond acceptors (Lipinski definition) is 1. The van der Waals surface area contributed by atoms with Gasteiger partial charge in [-0.25, -0.2) is 9.18 Å². The molecule has 2 aromatic carbocycles. The molecular formula is C17H17FN2O. The van der Waals surface area contributed by atoms with E-state index in [9.17, 15) is 9.18 Å². The third-order valence-electron chi connectivity index (χ3n) is 3.80. The predicted molar refractivity (Wildman–Crippen MR) is 79.3 cm³/mol. The first-order valence-corrected chi connectivity index (χ1v) is 7.09. The highest BCUT2D eigenvalue weighted by molar-refractivity contribution is 5.74. The molecule has 1 unspecified atom stereocenters. The van der Waals surface area contributed by atoms with Crippen LogP contribution in [-0.4, -0.2) is 6.03 Å². The van der Waals surface area contributed by atoms with Gasteiger partial charge in [0.05, 0.1) is 6.04 Å². The maximum Gasteiger partial charge on any atom is 0.315 e. The number of rotatable bonds is 3. The Bertz CT molecular complexity index is 639. The standard InChI is InChI=1S/C17H17FN2O/c18-14-8-5-12(6-9-14)11-19-17(21)20-16-10-7-13-3-1-2-4-15(13)16/h1-6,8-9,16H,7,10-11H2,(H2,19,20,21). The summed E-state index contributed by atoms with van der Waals surface area (Å²) < 4.78 is 12.8. The van der Waals surface area contributed by atoms with Crippen LogP contribution in [0.4, 0.5) is 9.18 Å². The Morgan fingerprint density at radius 3 is 2.71 bits per heavy atom. The maximum absolute atomic E-state index is 12.8. The van der Waals surface area contributed by atoms with E-state index in [0.29, 0.717) is 6.54 Å². The minimum absolute atomic E-state index is 0.0782. The molecule has 4 heteroatoms. The van der Waals surface area contributed by atoms with Crippen molar-refractivity contribution in [1.82, 2.24) is 10.6 Å². The third kappa shape index (κ3) is 3.21. The Hall–Kier alpha value is -2.36. The zero-order valence-corrected chi connectivity index (χ0v) is 11.6. The van der Waals surface area contributed by atoms with Gasteiger partial charge < -0.3 is 10.6 Å². The van der Waals surface area contributed by atoms with E-state index in [0.717, 1.165) is 18.4 Å². The van der Waals surface area contributed by atoms with E-state index in [2.05, 4.69) is 22.8 Å². The molecule has 3 rings (SSSR count). The molecule has 0 radical (unpaired) electrons. The van der Waals surface area contributed by atoms with Gasteiger partial charge in [0, 0.05) is 6.54 Å². The fourth-order valence-corrected chi connectivity index (χ4v) is 2.70. The molecule has 2 aromatic rings. The summed E-state index contributed by atoms with van der Waals surface area (Å²) >= 11 is 0. The Morgan fingerprint density at radius 2 is 1.90 bits per heavy atom. The second-order valence-corrected chi connectivity index (χ2v) is 5.24. The monoisotopic (exact) mass is 284 g/mol. The fourth-order valence-electron chi connectivity index (χ4n) is 2.70. The van der Waals surface area contributed by atoms with Crippen molar-refractivity contribution in [3.05, 3.63) is 71.0 Å². The average Bonchev–Trinajstić information content (AvgIpc) is 2.90. The smallest absolute Gasteiger partial charge is 0.315 e. The number of hydrogen-bond donors (Lipinski definition) is 2. The van der Waals surface area contributed by atoms with E-state index in [1.807, 2.05) is 12.1 Å². The van der Waals surface area contributed by atoms with Crippen molar-refractivity contribution in [2.24, 2.45) is 0 Å². The molecule has 0 heterocycles. The second kappa shape index (κ2) is 5.95. The summed E-state index contributed by atoms with van der Waals surface area (Å²) in [5.41, 5.74) is 3.38. The van der Waals surface area contributed by atoms with E-state index >= 15 is 0 Å². The van der Waals surface area contributed by atoms with Gasteiger partial charge in [0.2, 0.25) is 0 Å². The average molecular weight is 284 g/mol. The lowest BCUT2D eigenvalue weighted by atomic mass is 10.1. The van der Waals surface area contributed by atoms with Crippen molar-refractivity contribution >= 4 is 6.03 Å². The summed E-state index contributed by atoms with van der Waals surface area (Å²) in [5.74, 6) is -0.272. The second-order valence-electron chi connectivity index (χ2n) is 5.24. The zero-order chi connectivity index (χ0) is 14.7. The molecule has 3 nitrogen and oxygen atoms in total. The number of amides is 2. The minimum atomic E-state index is -0.272. The molecule has 0 spiro atoms. The van der Waals surface area contributed by atoms with Crippen molar-refractivity contribution in [3.63, 3.8) is 0 Å². The molecule has 0 aromatic heterocycles. The van der Waals surface area contributed by atoms with Crippen LogP contribution in [-0.2, 0) is 13.0 Å². The van der Waals surface area contributed by atoms with E-state index in [1.165, 1.54) is 23.3 Å². The van der Waals surface area contributed by atoms with E-state index in [4.69, 9.17) is 0 Å². The predicted octanol–water partition coefficient (Wildman–Crippen LogP) is 3.31. The topological polar surface area (TPSA) is 41.1 Å². The van der Waals surface area contributed by atoms with Gasteiger partial charge in [-0.3, -0.25) is 0 Å². The summed E-state index contributed by atoms with van der Waals surface area (Å²) in [7, 11) is 0. The number of urea groups is 1. The Morgan fingerprint density at radius 1 is 1.14 bits per heavy atom. The van der Waals surface area contributed by atoms with Crippen LogP contribution >= 0.6 is 0 Å². The molecule has 108 valence electrons. The van der Waals surface area contributed by atoms with Gasteiger partial charge in [-0.2, -0.15) is 0 Å². The molecule has 0 saturated heterocycles. The number of carbonyl (C=O) groups excluding carboxylic acids is 1. The lowest BCUT2D eigenvalue weighted by molar-refractivity contribution is 0.236. The summed E-state index contributed by atoms with van der Waals surface area (Å²) in [4.78, 5) is 12.0. The minimum Gasteiger partial charge on any atom is -0.334 e. The van der Waals surface area contributed by atoms with E-state index in [1.54, 1.807) is 12.1 Å². The first kappa shape index (κ1) is 13.6. The molecule has 1 aliphatic carbocycles. The number of halogens is 1. The highest BCUT2D eigenvalue weighted by Crippen LogP contribution is 2.30. The van der Waals surface area contributed by atoms with E-state index in [-0.39, 0.29) is 17.9 Å². The van der Waals surface area contributed by atoms with Crippen LogP contribution in [0.3, 0.4) is 0 Å². The molecule has 2 amide bonds. The number of fused-ring (bicyclic) bond motifs is 1. The summed E-state index contributed by atoms with van der Waals surface area (Å²) in [6, 6.07) is 14.2. The maximum atomic E-state index is 12.8. The van der Waals surface area contributed by atoms with Crippen LogP contribution in [0.5, 0.6) is 0 Å². The van der Waals surface area contributed by atoms with Gasteiger partial charge in [0.15, 0.2) is 0 Å². The summed E-state index contributed by atoms with van der Waals surface area (Å²) in [6.07, 6.45) is 1.93. The van der Waals surface area contributed by atoms with Crippen LogP contribution in [0, 0.1) is 5.82 Å². The Kier molecular flexibility index (Phi) is 3.86. The SMILES string of the molecule is O=C(NCc1ccc(F)cc1)NC1CCc2ccccc21.